The van der Waals surface area contributed by atoms with Crippen LogP contribution >= 0.6 is 11.3 Å². The zero-order valence-electron chi connectivity index (χ0n) is 34.5. The molecule has 1 nitrogen and oxygen atoms in total. The van der Waals surface area contributed by atoms with Crippen molar-refractivity contribution in [2.24, 2.45) is 0 Å². The van der Waals surface area contributed by atoms with E-state index in [1.54, 1.807) is 0 Å². The van der Waals surface area contributed by atoms with E-state index in [-0.39, 0.29) is 0 Å². The van der Waals surface area contributed by atoms with E-state index >= 15 is 0 Å². The molecule has 296 valence electrons. The predicted molar refractivity (Wildman–Crippen MR) is 268 cm³/mol. The topological polar surface area (TPSA) is 3.24 Å². The van der Waals surface area contributed by atoms with Gasteiger partial charge in [0.05, 0.1) is 5.41 Å². The van der Waals surface area contributed by atoms with Crippen molar-refractivity contribution < 1.29 is 0 Å². The molecule has 0 aliphatic heterocycles. The van der Waals surface area contributed by atoms with Crippen molar-refractivity contribution in [2.45, 2.75) is 5.41 Å². The molecule has 0 bridgehead atoms. The van der Waals surface area contributed by atoms with Gasteiger partial charge < -0.3 is 4.90 Å². The Morgan fingerprint density at radius 1 is 0.317 bits per heavy atom. The second kappa shape index (κ2) is 15.3. The van der Waals surface area contributed by atoms with Crippen molar-refractivity contribution in [3.63, 3.8) is 0 Å². The number of fused-ring (bicyclic) bond motifs is 6. The molecule has 1 aromatic heterocycles. The van der Waals surface area contributed by atoms with Crippen LogP contribution in [-0.4, -0.2) is 0 Å². The molecule has 0 spiro atoms. The van der Waals surface area contributed by atoms with Crippen molar-refractivity contribution in [2.75, 3.05) is 4.90 Å². The first-order chi connectivity index (χ1) is 31.2. The van der Waals surface area contributed by atoms with Crippen molar-refractivity contribution >= 4 is 49.3 Å². The molecule has 0 N–H and O–H groups in total. The number of anilines is 3. The highest BCUT2D eigenvalue weighted by atomic mass is 32.1. The fraction of sp³-hybridized carbons (Fsp3) is 0.0164. The number of thiophene rings is 1. The molecule has 2 heteroatoms. The maximum Gasteiger partial charge on any atom is 0.0734 e. The molecule has 1 heterocycles. The fourth-order valence-corrected chi connectivity index (χ4v) is 11.4. The van der Waals surface area contributed by atoms with E-state index in [0.717, 1.165) is 17.1 Å². The van der Waals surface area contributed by atoms with Crippen LogP contribution in [-0.2, 0) is 5.41 Å². The summed E-state index contributed by atoms with van der Waals surface area (Å²) in [5.74, 6) is 0. The Bertz CT molecular complexity index is 3370. The SMILES string of the molecule is c1ccc(-c2ccc(N(c3ccc(-c4ccc(-c5cccc6c5C(c5ccccc5)(c5ccccc5)c5c-6sc6ccccc56)cc4)cc3)c3ccc4ccccc4c3)cc2)cc1. The maximum atomic E-state index is 2.36. The maximum absolute atomic E-state index is 2.36. The van der Waals surface area contributed by atoms with Crippen molar-refractivity contribution in [1.82, 2.24) is 0 Å². The van der Waals surface area contributed by atoms with Crippen LogP contribution in [0.4, 0.5) is 17.1 Å². The van der Waals surface area contributed by atoms with Crippen LogP contribution in [0.3, 0.4) is 0 Å². The van der Waals surface area contributed by atoms with Crippen LogP contribution in [0.1, 0.15) is 22.3 Å². The molecule has 11 aromatic rings. The highest BCUT2D eigenvalue weighted by Crippen LogP contribution is 2.62. The summed E-state index contributed by atoms with van der Waals surface area (Å²) < 4.78 is 1.33. The van der Waals surface area contributed by atoms with Gasteiger partial charge in [-0.15, -0.1) is 11.3 Å². The minimum atomic E-state index is -0.489. The number of hydrogen-bond donors (Lipinski definition) is 0. The van der Waals surface area contributed by atoms with Crippen LogP contribution in [0.25, 0.3) is 64.7 Å². The molecular weight excluding hydrogens is 779 g/mol. The first-order valence-corrected chi connectivity index (χ1v) is 22.5. The standard InChI is InChI=1S/C61H41NS/c1-4-15-42(16-5-1)45-31-36-51(37-32-45)62(53-40-35-43-17-10-11-18-48(43)41-53)52-38-33-46(34-39-52)44-27-29-47(30-28-44)54-24-14-25-56-58(54)61(49-19-6-2-7-20-49,50-21-8-3-9-22-50)59-55-23-12-13-26-57(55)63-60(56)59/h1-41H. The molecule has 12 rings (SSSR count). The third-order valence-corrected chi connectivity index (χ3v) is 14.2. The third-order valence-electron chi connectivity index (χ3n) is 12.9. The third kappa shape index (κ3) is 6.14. The number of benzene rings is 10. The lowest BCUT2D eigenvalue weighted by molar-refractivity contribution is 0.778. The summed E-state index contributed by atoms with van der Waals surface area (Å²) in [6.45, 7) is 0. The normalized spacial score (nSPS) is 12.6. The number of nitrogens with zero attached hydrogens (tertiary/aromatic N) is 1. The lowest BCUT2D eigenvalue weighted by Gasteiger charge is -2.35. The van der Waals surface area contributed by atoms with Gasteiger partial charge in [-0.1, -0.05) is 206 Å². The zero-order valence-corrected chi connectivity index (χ0v) is 35.3. The molecule has 0 atom stereocenters. The quantitative estimate of drug-likeness (QED) is 0.148. The van der Waals surface area contributed by atoms with Gasteiger partial charge in [-0.2, -0.15) is 0 Å². The molecule has 0 saturated heterocycles. The summed E-state index contributed by atoms with van der Waals surface area (Å²) in [4.78, 5) is 3.72. The molecule has 0 radical (unpaired) electrons. The van der Waals surface area contributed by atoms with Crippen LogP contribution < -0.4 is 4.90 Å². The average molecular weight is 820 g/mol. The summed E-state index contributed by atoms with van der Waals surface area (Å²) in [7, 11) is 0. The zero-order chi connectivity index (χ0) is 41.7. The Balaban J connectivity index is 0.940. The van der Waals surface area contributed by atoms with Crippen molar-refractivity contribution in [3.05, 3.63) is 271 Å². The molecule has 0 amide bonds. The first kappa shape index (κ1) is 37.0. The molecule has 1 aliphatic carbocycles. The summed E-state index contributed by atoms with van der Waals surface area (Å²) >= 11 is 1.92. The van der Waals surface area contributed by atoms with Gasteiger partial charge in [-0.25, -0.2) is 0 Å². The van der Waals surface area contributed by atoms with Gasteiger partial charge in [-0.3, -0.25) is 0 Å². The minimum absolute atomic E-state index is 0.489. The van der Waals surface area contributed by atoms with Crippen molar-refractivity contribution in [1.29, 1.82) is 0 Å². The van der Waals surface area contributed by atoms with E-state index in [1.807, 2.05) is 11.3 Å². The van der Waals surface area contributed by atoms with E-state index in [9.17, 15) is 0 Å². The molecule has 10 aromatic carbocycles. The highest BCUT2D eigenvalue weighted by molar-refractivity contribution is 7.22. The molecule has 1 aliphatic rings. The van der Waals surface area contributed by atoms with E-state index < -0.39 is 5.41 Å². The van der Waals surface area contributed by atoms with Gasteiger partial charge in [-0.05, 0) is 120 Å². The smallest absolute Gasteiger partial charge is 0.0734 e. The van der Waals surface area contributed by atoms with E-state index in [0.29, 0.717) is 0 Å². The Morgan fingerprint density at radius 2 is 0.794 bits per heavy atom. The molecule has 0 fully saturated rings. The van der Waals surface area contributed by atoms with Crippen LogP contribution in [0.2, 0.25) is 0 Å². The Hall–Kier alpha value is -7.78. The van der Waals surface area contributed by atoms with Gasteiger partial charge in [0.15, 0.2) is 0 Å². The summed E-state index contributed by atoms with van der Waals surface area (Å²) in [6.07, 6.45) is 0. The van der Waals surface area contributed by atoms with E-state index in [4.69, 9.17) is 0 Å². The summed E-state index contributed by atoms with van der Waals surface area (Å²) in [6, 6.07) is 91.3. The lowest BCUT2D eigenvalue weighted by atomic mass is 9.65. The van der Waals surface area contributed by atoms with E-state index in [1.165, 1.54) is 86.9 Å². The van der Waals surface area contributed by atoms with Crippen molar-refractivity contribution in [3.8, 4) is 43.8 Å². The second-order valence-electron chi connectivity index (χ2n) is 16.4. The lowest BCUT2D eigenvalue weighted by Crippen LogP contribution is -2.29. The Kier molecular flexibility index (Phi) is 8.98. The number of rotatable bonds is 8. The summed E-state index contributed by atoms with van der Waals surface area (Å²) in [5, 5.41) is 3.78. The minimum Gasteiger partial charge on any atom is -0.310 e. The average Bonchev–Trinajstić information content (AvgIpc) is 3.89. The fourth-order valence-electron chi connectivity index (χ4n) is 10.1. The van der Waals surface area contributed by atoms with Gasteiger partial charge >= 0.3 is 0 Å². The van der Waals surface area contributed by atoms with Crippen LogP contribution in [0.15, 0.2) is 249 Å². The second-order valence-corrected chi connectivity index (χ2v) is 17.5. The molecule has 0 saturated carbocycles. The first-order valence-electron chi connectivity index (χ1n) is 21.7. The number of hydrogen-bond acceptors (Lipinski definition) is 2. The summed E-state index contributed by atoms with van der Waals surface area (Å²) in [5.41, 5.74) is 16.8. The highest BCUT2D eigenvalue weighted by Gasteiger charge is 2.49. The van der Waals surface area contributed by atoms with Gasteiger partial charge in [0, 0.05) is 26.6 Å². The van der Waals surface area contributed by atoms with E-state index in [2.05, 4.69) is 254 Å². The monoisotopic (exact) mass is 819 g/mol. The molecular formula is C61H41NS. The largest absolute Gasteiger partial charge is 0.310 e. The predicted octanol–water partition coefficient (Wildman–Crippen LogP) is 16.9. The molecule has 0 unspecified atom stereocenters. The Labute approximate surface area is 372 Å². The van der Waals surface area contributed by atoms with Crippen LogP contribution in [0.5, 0.6) is 0 Å². The van der Waals surface area contributed by atoms with Gasteiger partial charge in [0.2, 0.25) is 0 Å². The molecule has 63 heavy (non-hydrogen) atoms. The van der Waals surface area contributed by atoms with Gasteiger partial charge in [0.25, 0.3) is 0 Å². The van der Waals surface area contributed by atoms with Gasteiger partial charge in [0.1, 0.15) is 0 Å². The van der Waals surface area contributed by atoms with Crippen LogP contribution in [0, 0.1) is 0 Å². The Morgan fingerprint density at radius 3 is 1.43 bits per heavy atom.